The Morgan fingerprint density at radius 3 is 2.67 bits per heavy atom. The van der Waals surface area contributed by atoms with Gasteiger partial charge in [0.1, 0.15) is 5.75 Å². The van der Waals surface area contributed by atoms with E-state index in [-0.39, 0.29) is 6.42 Å². The zero-order valence-electron chi connectivity index (χ0n) is 9.98. The van der Waals surface area contributed by atoms with Crippen LogP contribution in [-0.4, -0.2) is 19.8 Å². The third kappa shape index (κ3) is 5.73. The summed E-state index contributed by atoms with van der Waals surface area (Å²) in [5.41, 5.74) is 0.960. The van der Waals surface area contributed by atoms with E-state index in [0.717, 1.165) is 15.8 Å². The van der Waals surface area contributed by atoms with Gasteiger partial charge in [-0.15, -0.1) is 0 Å². The first kappa shape index (κ1) is 15.3. The lowest BCUT2D eigenvalue weighted by Gasteiger charge is -2.09. The lowest BCUT2D eigenvalue weighted by atomic mass is 10.2. The van der Waals surface area contributed by atoms with Crippen LogP contribution in [0.25, 0.3) is 0 Å². The van der Waals surface area contributed by atoms with Gasteiger partial charge in [-0.3, -0.25) is 0 Å². The fourth-order valence-corrected chi connectivity index (χ4v) is 1.84. The summed E-state index contributed by atoms with van der Waals surface area (Å²) >= 11 is 3.39. The van der Waals surface area contributed by atoms with Gasteiger partial charge in [-0.25, -0.2) is 0 Å². The van der Waals surface area contributed by atoms with Crippen LogP contribution in [0.4, 0.5) is 13.2 Å². The van der Waals surface area contributed by atoms with Crippen molar-refractivity contribution in [2.24, 2.45) is 0 Å². The van der Waals surface area contributed by atoms with Crippen LogP contribution >= 0.6 is 15.9 Å². The van der Waals surface area contributed by atoms with Crippen molar-refractivity contribution < 1.29 is 17.9 Å². The highest BCUT2D eigenvalue weighted by Gasteiger charge is 2.25. The summed E-state index contributed by atoms with van der Waals surface area (Å²) in [6.45, 7) is 0.846. The minimum absolute atomic E-state index is 0.0884. The lowest BCUT2D eigenvalue weighted by molar-refractivity contribution is -0.135. The number of hydrogen-bond acceptors (Lipinski definition) is 2. The van der Waals surface area contributed by atoms with Crippen LogP contribution in [0.1, 0.15) is 18.4 Å². The molecule has 1 aromatic carbocycles. The summed E-state index contributed by atoms with van der Waals surface area (Å²) in [5.74, 6) is 0.727. The van der Waals surface area contributed by atoms with E-state index in [1.54, 1.807) is 7.11 Å². The Labute approximate surface area is 113 Å². The molecule has 0 aliphatic rings. The number of hydrogen-bond donors (Lipinski definition) is 1. The molecule has 0 amide bonds. The Morgan fingerprint density at radius 1 is 1.33 bits per heavy atom. The fourth-order valence-electron chi connectivity index (χ4n) is 1.45. The molecule has 0 saturated carbocycles. The van der Waals surface area contributed by atoms with Crippen LogP contribution < -0.4 is 10.1 Å². The summed E-state index contributed by atoms with van der Waals surface area (Å²) < 4.78 is 41.7. The molecule has 0 spiro atoms. The van der Waals surface area contributed by atoms with Gasteiger partial charge < -0.3 is 10.1 Å². The first-order valence-electron chi connectivity index (χ1n) is 5.52. The van der Waals surface area contributed by atoms with Crippen LogP contribution in [-0.2, 0) is 6.54 Å². The number of halogens is 4. The SMILES string of the molecule is COc1ccc(Br)c(CNCCCC(F)(F)F)c1. The van der Waals surface area contributed by atoms with Gasteiger partial charge in [0.05, 0.1) is 7.11 Å². The quantitative estimate of drug-likeness (QED) is 0.801. The van der Waals surface area contributed by atoms with Crippen molar-refractivity contribution in [1.82, 2.24) is 5.32 Å². The molecule has 0 atom stereocenters. The van der Waals surface area contributed by atoms with Crippen molar-refractivity contribution in [2.45, 2.75) is 25.6 Å². The highest BCUT2D eigenvalue weighted by molar-refractivity contribution is 9.10. The summed E-state index contributed by atoms with van der Waals surface area (Å²) in [6.07, 6.45) is -4.73. The third-order valence-corrected chi connectivity index (χ3v) is 3.16. The molecule has 6 heteroatoms. The first-order chi connectivity index (χ1) is 8.42. The summed E-state index contributed by atoms with van der Waals surface area (Å²) in [6, 6.07) is 5.52. The molecule has 0 heterocycles. The predicted octanol–water partition coefficient (Wildman–Crippen LogP) is 3.89. The molecule has 1 rings (SSSR count). The van der Waals surface area contributed by atoms with Gasteiger partial charge in [-0.1, -0.05) is 15.9 Å². The second kappa shape index (κ2) is 6.99. The van der Waals surface area contributed by atoms with E-state index in [2.05, 4.69) is 21.2 Å². The van der Waals surface area contributed by atoms with Crippen molar-refractivity contribution in [3.8, 4) is 5.75 Å². The van der Waals surface area contributed by atoms with E-state index in [1.807, 2.05) is 18.2 Å². The third-order valence-electron chi connectivity index (χ3n) is 2.38. The molecule has 18 heavy (non-hydrogen) atoms. The van der Waals surface area contributed by atoms with E-state index in [9.17, 15) is 13.2 Å². The maximum Gasteiger partial charge on any atom is 0.389 e. The van der Waals surface area contributed by atoms with E-state index in [4.69, 9.17) is 4.74 Å². The van der Waals surface area contributed by atoms with E-state index >= 15 is 0 Å². The number of ether oxygens (including phenoxy) is 1. The second-order valence-corrected chi connectivity index (χ2v) is 4.71. The van der Waals surface area contributed by atoms with Gasteiger partial charge in [0.2, 0.25) is 0 Å². The zero-order valence-corrected chi connectivity index (χ0v) is 11.6. The molecule has 0 aromatic heterocycles. The lowest BCUT2D eigenvalue weighted by Crippen LogP contribution is -2.18. The van der Waals surface area contributed by atoms with E-state index in [0.29, 0.717) is 13.1 Å². The fraction of sp³-hybridized carbons (Fsp3) is 0.500. The van der Waals surface area contributed by atoms with Crippen molar-refractivity contribution in [2.75, 3.05) is 13.7 Å². The Morgan fingerprint density at radius 2 is 2.06 bits per heavy atom. The predicted molar refractivity (Wildman–Crippen MR) is 67.7 cm³/mol. The molecule has 0 aliphatic heterocycles. The maximum absolute atomic E-state index is 11.9. The number of alkyl halides is 3. The van der Waals surface area contributed by atoms with Crippen LogP contribution in [0, 0.1) is 0 Å². The molecule has 1 N–H and O–H groups in total. The molecule has 0 aliphatic carbocycles. The molecular formula is C12H15BrF3NO. The van der Waals surface area contributed by atoms with E-state index in [1.165, 1.54) is 0 Å². The maximum atomic E-state index is 11.9. The van der Waals surface area contributed by atoms with Crippen molar-refractivity contribution in [3.63, 3.8) is 0 Å². The molecule has 0 radical (unpaired) electrons. The van der Waals surface area contributed by atoms with Gasteiger partial charge in [-0.05, 0) is 36.7 Å². The number of rotatable bonds is 6. The van der Waals surface area contributed by atoms with Gasteiger partial charge in [-0.2, -0.15) is 13.2 Å². The van der Waals surface area contributed by atoms with Gasteiger partial charge in [0.25, 0.3) is 0 Å². The van der Waals surface area contributed by atoms with Gasteiger partial charge in [0, 0.05) is 17.4 Å². The van der Waals surface area contributed by atoms with Gasteiger partial charge in [0.15, 0.2) is 0 Å². The smallest absolute Gasteiger partial charge is 0.389 e. The Kier molecular flexibility index (Phi) is 5.95. The molecule has 102 valence electrons. The number of nitrogens with one attached hydrogen (secondary N) is 1. The minimum Gasteiger partial charge on any atom is -0.497 e. The highest BCUT2D eigenvalue weighted by Crippen LogP contribution is 2.23. The topological polar surface area (TPSA) is 21.3 Å². The number of methoxy groups -OCH3 is 1. The molecule has 0 unspecified atom stereocenters. The second-order valence-electron chi connectivity index (χ2n) is 3.85. The molecule has 0 saturated heterocycles. The summed E-state index contributed by atoms with van der Waals surface area (Å²) in [5, 5.41) is 2.98. The van der Waals surface area contributed by atoms with Crippen molar-refractivity contribution in [1.29, 1.82) is 0 Å². The Bertz CT molecular complexity index is 382. The molecule has 2 nitrogen and oxygen atoms in total. The Hall–Kier alpha value is -0.750. The zero-order chi connectivity index (χ0) is 13.6. The number of benzene rings is 1. The molecule has 0 bridgehead atoms. The average molecular weight is 326 g/mol. The van der Waals surface area contributed by atoms with Crippen molar-refractivity contribution >= 4 is 15.9 Å². The summed E-state index contributed by atoms with van der Waals surface area (Å²) in [7, 11) is 1.57. The largest absolute Gasteiger partial charge is 0.497 e. The average Bonchev–Trinajstić information content (AvgIpc) is 2.29. The Balaban J connectivity index is 2.35. The van der Waals surface area contributed by atoms with Gasteiger partial charge >= 0.3 is 6.18 Å². The van der Waals surface area contributed by atoms with Crippen molar-refractivity contribution in [3.05, 3.63) is 28.2 Å². The molecule has 1 aromatic rings. The van der Waals surface area contributed by atoms with Crippen LogP contribution in [0.2, 0.25) is 0 Å². The summed E-state index contributed by atoms with van der Waals surface area (Å²) in [4.78, 5) is 0. The van der Waals surface area contributed by atoms with Crippen LogP contribution in [0.15, 0.2) is 22.7 Å². The minimum atomic E-state index is -4.07. The monoisotopic (exact) mass is 325 g/mol. The van der Waals surface area contributed by atoms with Crippen LogP contribution in [0.3, 0.4) is 0 Å². The standard InChI is InChI=1S/C12H15BrF3NO/c1-18-10-3-4-11(13)9(7-10)8-17-6-2-5-12(14,15)16/h3-4,7,17H,2,5-6,8H2,1H3. The van der Waals surface area contributed by atoms with Crippen LogP contribution in [0.5, 0.6) is 5.75 Å². The normalized spacial score (nSPS) is 11.6. The highest BCUT2D eigenvalue weighted by atomic mass is 79.9. The molecular weight excluding hydrogens is 311 g/mol. The first-order valence-corrected chi connectivity index (χ1v) is 6.31. The molecule has 0 fully saturated rings. The van der Waals surface area contributed by atoms with E-state index < -0.39 is 12.6 Å².